The van der Waals surface area contributed by atoms with Crippen LogP contribution in [0.4, 0.5) is 0 Å². The minimum atomic E-state index is 0.538. The van der Waals surface area contributed by atoms with Crippen LogP contribution < -0.4 is 11.5 Å². The topological polar surface area (TPSA) is 64.4 Å². The third-order valence-corrected chi connectivity index (χ3v) is 3.37. The Balaban J connectivity index is 4.42. The van der Waals surface area contributed by atoms with Gasteiger partial charge in [0, 0.05) is 6.54 Å². The quantitative estimate of drug-likeness (QED) is 0.471. The summed E-state index contributed by atoms with van der Waals surface area (Å²) in [6.07, 6.45) is 0. The summed E-state index contributed by atoms with van der Waals surface area (Å²) in [6, 6.07) is 0. The maximum atomic E-state index is 5.73. The molecule has 3 nitrogen and oxygen atoms in total. The second kappa shape index (κ2) is 6.59. The number of rotatable bonds is 4. The zero-order chi connectivity index (χ0) is 9.56. The number of nitrogens with two attached hydrogens (primary N) is 2. The van der Waals surface area contributed by atoms with E-state index in [2.05, 4.69) is 34.5 Å². The zero-order valence-corrected chi connectivity index (χ0v) is 10.3. The molecule has 4 N–H and O–H groups in total. The Morgan fingerprint density at radius 1 is 1.42 bits per heavy atom. The molecule has 70 valence electrons. The molecule has 0 aliphatic heterocycles. The molecule has 0 bridgehead atoms. The van der Waals surface area contributed by atoms with Crippen molar-refractivity contribution in [3.63, 3.8) is 0 Å². The predicted molar refractivity (Wildman–Crippen MR) is 65.5 cm³/mol. The molecular formula is C7H14IN3S. The minimum absolute atomic E-state index is 0.538. The highest BCUT2D eigenvalue weighted by Crippen LogP contribution is 2.19. The Hall–Kier alpha value is 0.0900. The fourth-order valence-electron chi connectivity index (χ4n) is 0.585. The Bertz CT molecular complexity index is 201. The number of thioether (sulfide) groups is 1. The van der Waals surface area contributed by atoms with Crippen LogP contribution in [0.1, 0.15) is 13.8 Å². The van der Waals surface area contributed by atoms with Crippen molar-refractivity contribution in [3.05, 3.63) is 8.61 Å². The molecule has 5 heteroatoms. The molecule has 0 aromatic carbocycles. The molecular weight excluding hydrogens is 285 g/mol. The van der Waals surface area contributed by atoms with E-state index in [9.17, 15) is 0 Å². The van der Waals surface area contributed by atoms with E-state index in [1.807, 2.05) is 6.92 Å². The summed E-state index contributed by atoms with van der Waals surface area (Å²) >= 11 is 3.70. The summed E-state index contributed by atoms with van der Waals surface area (Å²) in [6.45, 7) is 4.69. The highest BCUT2D eigenvalue weighted by Gasteiger charge is 2.03. The summed E-state index contributed by atoms with van der Waals surface area (Å²) in [4.78, 5) is 4.06. The number of nitrogens with zero attached hydrogens (tertiary/aromatic N) is 1. The third-order valence-electron chi connectivity index (χ3n) is 1.07. The van der Waals surface area contributed by atoms with Crippen LogP contribution in [-0.2, 0) is 0 Å². The number of hydrogen-bond donors (Lipinski definition) is 2. The van der Waals surface area contributed by atoms with Gasteiger partial charge in [0.1, 0.15) is 5.84 Å². The Labute approximate surface area is 91.2 Å². The molecule has 12 heavy (non-hydrogen) atoms. The second-order valence-electron chi connectivity index (χ2n) is 1.97. The number of halogens is 1. The van der Waals surface area contributed by atoms with Gasteiger partial charge < -0.3 is 11.5 Å². The van der Waals surface area contributed by atoms with Gasteiger partial charge in [0.2, 0.25) is 0 Å². The van der Waals surface area contributed by atoms with Gasteiger partial charge in [-0.3, -0.25) is 4.99 Å². The van der Waals surface area contributed by atoms with Crippen molar-refractivity contribution < 1.29 is 0 Å². The van der Waals surface area contributed by atoms with Crippen LogP contribution >= 0.6 is 34.4 Å². The highest BCUT2D eigenvalue weighted by molar-refractivity contribution is 14.1. The van der Waals surface area contributed by atoms with Crippen molar-refractivity contribution in [2.75, 3.05) is 12.3 Å². The normalized spacial score (nSPS) is 14.4. The highest BCUT2D eigenvalue weighted by atomic mass is 127. The average Bonchev–Trinajstić information content (AvgIpc) is 2.04. The first-order valence-electron chi connectivity index (χ1n) is 3.71. The van der Waals surface area contributed by atoms with Crippen molar-refractivity contribution in [1.29, 1.82) is 0 Å². The summed E-state index contributed by atoms with van der Waals surface area (Å²) < 4.78 is 0.862. The van der Waals surface area contributed by atoms with E-state index in [0.717, 1.165) is 14.4 Å². The van der Waals surface area contributed by atoms with Crippen LogP contribution in [0, 0.1) is 0 Å². The lowest BCUT2D eigenvalue weighted by Crippen LogP contribution is -2.15. The second-order valence-corrected chi connectivity index (χ2v) is 4.36. The molecule has 0 saturated carbocycles. The van der Waals surface area contributed by atoms with Gasteiger partial charge in [-0.1, -0.05) is 6.92 Å². The smallest absolute Gasteiger partial charge is 0.134 e. The van der Waals surface area contributed by atoms with Crippen LogP contribution in [0.25, 0.3) is 0 Å². The number of amidine groups is 1. The van der Waals surface area contributed by atoms with Gasteiger partial charge in [0.15, 0.2) is 0 Å². The van der Waals surface area contributed by atoms with Gasteiger partial charge >= 0.3 is 0 Å². The molecule has 0 radical (unpaired) electrons. The van der Waals surface area contributed by atoms with Crippen molar-refractivity contribution >= 4 is 40.2 Å². The molecule has 0 aromatic heterocycles. The molecule has 0 unspecified atom stereocenters. The molecule has 0 amide bonds. The SMILES string of the molecule is CCN=C(N)C(I)=C(N)SCC. The van der Waals surface area contributed by atoms with Gasteiger partial charge in [-0.15, -0.1) is 11.8 Å². The van der Waals surface area contributed by atoms with Crippen molar-refractivity contribution in [2.24, 2.45) is 16.5 Å². The largest absolute Gasteiger partial charge is 0.393 e. The van der Waals surface area contributed by atoms with Gasteiger partial charge in [-0.25, -0.2) is 0 Å². The number of hydrogen-bond acceptors (Lipinski definition) is 3. The van der Waals surface area contributed by atoms with E-state index in [1.54, 1.807) is 11.8 Å². The van der Waals surface area contributed by atoms with Gasteiger partial charge in [0.25, 0.3) is 0 Å². The predicted octanol–water partition coefficient (Wildman–Crippen LogP) is 1.68. The van der Waals surface area contributed by atoms with Crippen LogP contribution in [0.2, 0.25) is 0 Å². The zero-order valence-electron chi connectivity index (χ0n) is 7.30. The molecule has 0 heterocycles. The van der Waals surface area contributed by atoms with E-state index in [1.165, 1.54) is 0 Å². The van der Waals surface area contributed by atoms with Crippen LogP contribution in [-0.4, -0.2) is 18.1 Å². The number of aliphatic imine (C=N–C) groups is 1. The minimum Gasteiger partial charge on any atom is -0.393 e. The molecule has 0 aliphatic rings. The first kappa shape index (κ1) is 12.1. The van der Waals surface area contributed by atoms with Crippen LogP contribution in [0.5, 0.6) is 0 Å². The molecule has 0 saturated heterocycles. The lowest BCUT2D eigenvalue weighted by atomic mass is 10.5. The fourth-order valence-corrected chi connectivity index (χ4v) is 1.76. The molecule has 0 spiro atoms. The fraction of sp³-hybridized carbons (Fsp3) is 0.571. The third kappa shape index (κ3) is 4.20. The summed E-state index contributed by atoms with van der Waals surface area (Å²) in [7, 11) is 0. The van der Waals surface area contributed by atoms with Crippen LogP contribution in [0.15, 0.2) is 13.6 Å². The summed E-state index contributed by atoms with van der Waals surface area (Å²) in [5, 5.41) is 0.757. The van der Waals surface area contributed by atoms with Crippen molar-refractivity contribution in [2.45, 2.75) is 13.8 Å². The first-order chi connectivity index (χ1) is 5.63. The molecule has 0 atom stereocenters. The van der Waals surface area contributed by atoms with Crippen molar-refractivity contribution in [1.82, 2.24) is 0 Å². The standard InChI is InChI=1S/C7H14IN3S/c1-3-11-6(9)5(8)7(10)12-4-2/h3-4,10H2,1-2H3,(H2,9,11). The van der Waals surface area contributed by atoms with Gasteiger partial charge in [0.05, 0.1) is 8.61 Å². The molecule has 0 rings (SSSR count). The van der Waals surface area contributed by atoms with E-state index >= 15 is 0 Å². The maximum absolute atomic E-state index is 5.73. The molecule has 0 aliphatic carbocycles. The first-order valence-corrected chi connectivity index (χ1v) is 5.78. The lowest BCUT2D eigenvalue weighted by Gasteiger charge is -2.03. The average molecular weight is 299 g/mol. The molecule has 0 aromatic rings. The van der Waals surface area contributed by atoms with Gasteiger partial charge in [-0.2, -0.15) is 0 Å². The monoisotopic (exact) mass is 299 g/mol. The van der Waals surface area contributed by atoms with E-state index in [-0.39, 0.29) is 0 Å². The lowest BCUT2D eigenvalue weighted by molar-refractivity contribution is 1.12. The van der Waals surface area contributed by atoms with E-state index < -0.39 is 0 Å². The summed E-state index contributed by atoms with van der Waals surface area (Å²) in [5.74, 6) is 1.49. The Morgan fingerprint density at radius 3 is 2.42 bits per heavy atom. The summed E-state index contributed by atoms with van der Waals surface area (Å²) in [5.41, 5.74) is 11.4. The van der Waals surface area contributed by atoms with Crippen LogP contribution in [0.3, 0.4) is 0 Å². The van der Waals surface area contributed by atoms with E-state index in [0.29, 0.717) is 12.4 Å². The molecule has 0 fully saturated rings. The Kier molecular flexibility index (Phi) is 6.64. The van der Waals surface area contributed by atoms with E-state index in [4.69, 9.17) is 11.5 Å². The Morgan fingerprint density at radius 2 is 2.00 bits per heavy atom. The maximum Gasteiger partial charge on any atom is 0.134 e. The van der Waals surface area contributed by atoms with Gasteiger partial charge in [-0.05, 0) is 35.3 Å². The van der Waals surface area contributed by atoms with Crippen molar-refractivity contribution in [3.8, 4) is 0 Å².